The van der Waals surface area contributed by atoms with Gasteiger partial charge in [0.15, 0.2) is 5.82 Å². The Morgan fingerprint density at radius 1 is 1.33 bits per heavy atom. The number of anilines is 1. The minimum absolute atomic E-state index is 0.0207. The molecule has 0 amide bonds. The fourth-order valence-corrected chi connectivity index (χ4v) is 0.920. The van der Waals surface area contributed by atoms with E-state index in [1.807, 2.05) is 14.1 Å². The van der Waals surface area contributed by atoms with Crippen LogP contribution in [-0.2, 0) is 12.5 Å². The highest BCUT2D eigenvalue weighted by molar-refractivity contribution is 5.24. The molecule has 0 fully saturated rings. The van der Waals surface area contributed by atoms with Crippen LogP contribution in [0.15, 0.2) is 0 Å². The molecule has 0 aliphatic rings. The Kier molecular flexibility index (Phi) is 2.08. The van der Waals surface area contributed by atoms with Crippen LogP contribution in [0.5, 0.6) is 0 Å². The Bertz CT molecular complexity index is 269. The SMILES string of the molecule is CNc1nc(C(C)(C)C)nn1C. The highest BCUT2D eigenvalue weighted by Crippen LogP contribution is 2.19. The van der Waals surface area contributed by atoms with Crippen LogP contribution in [0.2, 0.25) is 0 Å². The molecule has 1 N–H and O–H groups in total. The zero-order chi connectivity index (χ0) is 9.35. The average Bonchev–Trinajstić information content (AvgIpc) is 2.29. The molecule has 1 heterocycles. The fourth-order valence-electron chi connectivity index (χ4n) is 0.920. The van der Waals surface area contributed by atoms with Crippen molar-refractivity contribution in [2.45, 2.75) is 26.2 Å². The van der Waals surface area contributed by atoms with Crippen LogP contribution in [0.3, 0.4) is 0 Å². The molecule has 4 heteroatoms. The average molecular weight is 168 g/mol. The lowest BCUT2D eigenvalue weighted by Gasteiger charge is -2.11. The van der Waals surface area contributed by atoms with Crippen molar-refractivity contribution in [2.75, 3.05) is 12.4 Å². The summed E-state index contributed by atoms with van der Waals surface area (Å²) in [6, 6.07) is 0. The van der Waals surface area contributed by atoms with Crippen molar-refractivity contribution < 1.29 is 0 Å². The summed E-state index contributed by atoms with van der Waals surface area (Å²) >= 11 is 0. The number of nitrogens with zero attached hydrogens (tertiary/aromatic N) is 3. The second-order valence-corrected chi connectivity index (χ2v) is 3.88. The van der Waals surface area contributed by atoms with E-state index in [1.54, 1.807) is 4.68 Å². The Morgan fingerprint density at radius 3 is 2.17 bits per heavy atom. The van der Waals surface area contributed by atoms with Crippen LogP contribution in [0, 0.1) is 0 Å². The number of rotatable bonds is 1. The molecule has 12 heavy (non-hydrogen) atoms. The largest absolute Gasteiger partial charge is 0.358 e. The van der Waals surface area contributed by atoms with Gasteiger partial charge in [-0.05, 0) is 0 Å². The zero-order valence-electron chi connectivity index (χ0n) is 8.34. The quantitative estimate of drug-likeness (QED) is 0.684. The Morgan fingerprint density at radius 2 is 1.92 bits per heavy atom. The first kappa shape index (κ1) is 9.03. The van der Waals surface area contributed by atoms with Gasteiger partial charge in [0.1, 0.15) is 0 Å². The summed E-state index contributed by atoms with van der Waals surface area (Å²) in [7, 11) is 3.73. The number of aryl methyl sites for hydroxylation is 1. The lowest BCUT2D eigenvalue weighted by molar-refractivity contribution is 0.538. The van der Waals surface area contributed by atoms with E-state index in [2.05, 4.69) is 36.2 Å². The molecule has 0 radical (unpaired) electrons. The molecule has 1 aromatic heterocycles. The standard InChI is InChI=1S/C8H16N4/c1-8(2,3)6-10-7(9-4)12(5)11-6/h1-5H3,(H,9,10,11). The van der Waals surface area contributed by atoms with Gasteiger partial charge in [-0.15, -0.1) is 0 Å². The number of aromatic nitrogens is 3. The maximum Gasteiger partial charge on any atom is 0.220 e. The van der Waals surface area contributed by atoms with Gasteiger partial charge < -0.3 is 5.32 Å². The summed E-state index contributed by atoms with van der Waals surface area (Å²) in [5.74, 6) is 1.68. The molecule has 4 nitrogen and oxygen atoms in total. The second-order valence-electron chi connectivity index (χ2n) is 3.88. The molecule has 0 aliphatic heterocycles. The maximum atomic E-state index is 4.34. The zero-order valence-corrected chi connectivity index (χ0v) is 8.34. The molecule has 0 bridgehead atoms. The molecule has 0 saturated heterocycles. The van der Waals surface area contributed by atoms with Crippen molar-refractivity contribution in [3.63, 3.8) is 0 Å². The first-order valence-corrected chi connectivity index (χ1v) is 4.04. The molecule has 0 spiro atoms. The van der Waals surface area contributed by atoms with Gasteiger partial charge in [0.2, 0.25) is 5.95 Å². The van der Waals surface area contributed by atoms with Crippen molar-refractivity contribution in [1.82, 2.24) is 14.8 Å². The van der Waals surface area contributed by atoms with Crippen molar-refractivity contribution in [1.29, 1.82) is 0 Å². The number of nitrogens with one attached hydrogen (secondary N) is 1. The van der Waals surface area contributed by atoms with E-state index in [0.717, 1.165) is 11.8 Å². The Labute approximate surface area is 73.0 Å². The topological polar surface area (TPSA) is 42.7 Å². The van der Waals surface area contributed by atoms with Gasteiger partial charge >= 0.3 is 0 Å². The van der Waals surface area contributed by atoms with Gasteiger partial charge in [0.25, 0.3) is 0 Å². The summed E-state index contributed by atoms with van der Waals surface area (Å²) in [5.41, 5.74) is 0.0207. The molecular weight excluding hydrogens is 152 g/mol. The van der Waals surface area contributed by atoms with E-state index in [0.29, 0.717) is 0 Å². The van der Waals surface area contributed by atoms with Gasteiger partial charge in [-0.3, -0.25) is 0 Å². The van der Waals surface area contributed by atoms with Gasteiger partial charge in [-0.25, -0.2) is 4.68 Å². The van der Waals surface area contributed by atoms with Crippen molar-refractivity contribution in [2.24, 2.45) is 7.05 Å². The van der Waals surface area contributed by atoms with Crippen LogP contribution in [-0.4, -0.2) is 21.8 Å². The van der Waals surface area contributed by atoms with E-state index in [-0.39, 0.29) is 5.41 Å². The second kappa shape index (κ2) is 2.77. The number of hydrogen-bond acceptors (Lipinski definition) is 3. The minimum atomic E-state index is 0.0207. The monoisotopic (exact) mass is 168 g/mol. The third-order valence-corrected chi connectivity index (χ3v) is 1.66. The van der Waals surface area contributed by atoms with Crippen LogP contribution in [0.1, 0.15) is 26.6 Å². The van der Waals surface area contributed by atoms with Crippen LogP contribution in [0.4, 0.5) is 5.95 Å². The Balaban J connectivity index is 3.05. The first-order valence-electron chi connectivity index (χ1n) is 4.04. The molecule has 0 unspecified atom stereocenters. The molecule has 1 aromatic rings. The normalized spacial score (nSPS) is 11.8. The predicted molar refractivity (Wildman–Crippen MR) is 49.2 cm³/mol. The summed E-state index contributed by atoms with van der Waals surface area (Å²) < 4.78 is 1.75. The Hall–Kier alpha value is -1.06. The number of hydrogen-bond donors (Lipinski definition) is 1. The molecule has 68 valence electrons. The van der Waals surface area contributed by atoms with Gasteiger partial charge in [-0.1, -0.05) is 20.8 Å². The lowest BCUT2D eigenvalue weighted by atomic mass is 9.96. The molecule has 0 atom stereocenters. The fraction of sp³-hybridized carbons (Fsp3) is 0.750. The molecule has 0 aromatic carbocycles. The smallest absolute Gasteiger partial charge is 0.220 e. The molecular formula is C8H16N4. The molecule has 1 rings (SSSR count). The van der Waals surface area contributed by atoms with E-state index in [4.69, 9.17) is 0 Å². The highest BCUT2D eigenvalue weighted by Gasteiger charge is 2.20. The van der Waals surface area contributed by atoms with Crippen molar-refractivity contribution >= 4 is 5.95 Å². The van der Waals surface area contributed by atoms with Crippen molar-refractivity contribution in [3.05, 3.63) is 5.82 Å². The maximum absolute atomic E-state index is 4.34. The molecule has 0 aliphatic carbocycles. The summed E-state index contributed by atoms with van der Waals surface area (Å²) in [6.45, 7) is 6.30. The summed E-state index contributed by atoms with van der Waals surface area (Å²) in [4.78, 5) is 4.34. The van der Waals surface area contributed by atoms with Crippen LogP contribution in [0.25, 0.3) is 0 Å². The van der Waals surface area contributed by atoms with E-state index >= 15 is 0 Å². The highest BCUT2D eigenvalue weighted by atomic mass is 15.4. The van der Waals surface area contributed by atoms with Gasteiger partial charge in [0, 0.05) is 19.5 Å². The predicted octanol–water partition coefficient (Wildman–Crippen LogP) is 1.15. The molecule has 0 saturated carbocycles. The first-order chi connectivity index (χ1) is 5.45. The lowest BCUT2D eigenvalue weighted by Crippen LogP contribution is -2.13. The van der Waals surface area contributed by atoms with Crippen molar-refractivity contribution in [3.8, 4) is 0 Å². The summed E-state index contributed by atoms with van der Waals surface area (Å²) in [6.07, 6.45) is 0. The third-order valence-electron chi connectivity index (χ3n) is 1.66. The van der Waals surface area contributed by atoms with Crippen LogP contribution < -0.4 is 5.32 Å². The van der Waals surface area contributed by atoms with E-state index in [1.165, 1.54) is 0 Å². The minimum Gasteiger partial charge on any atom is -0.358 e. The van der Waals surface area contributed by atoms with E-state index < -0.39 is 0 Å². The third kappa shape index (κ3) is 1.57. The van der Waals surface area contributed by atoms with Gasteiger partial charge in [-0.2, -0.15) is 10.1 Å². The van der Waals surface area contributed by atoms with E-state index in [9.17, 15) is 0 Å². The summed E-state index contributed by atoms with van der Waals surface area (Å²) in [5, 5.41) is 7.27. The van der Waals surface area contributed by atoms with Crippen LogP contribution >= 0.6 is 0 Å². The van der Waals surface area contributed by atoms with Gasteiger partial charge in [0.05, 0.1) is 0 Å².